The average molecular weight is 275 g/mol. The van der Waals surface area contributed by atoms with Gasteiger partial charge in [-0.05, 0) is 48.0 Å². The summed E-state index contributed by atoms with van der Waals surface area (Å²) in [6.07, 6.45) is 2.51. The number of hydrogen-bond donors (Lipinski definition) is 2. The molecule has 4 heteroatoms. The predicted molar refractivity (Wildman–Crippen MR) is 64.5 cm³/mol. The minimum Gasteiger partial charge on any atom is -0.323 e. The van der Waals surface area contributed by atoms with Crippen molar-refractivity contribution < 1.29 is 0 Å². The number of nitrogens with two attached hydrogens (primary N) is 1. The lowest BCUT2D eigenvalue weighted by Crippen LogP contribution is -2.30. The Balaban J connectivity index is 2.11. The molecule has 2 nitrogen and oxygen atoms in total. The molecule has 1 aromatic rings. The van der Waals surface area contributed by atoms with Crippen molar-refractivity contribution in [2.24, 2.45) is 11.1 Å². The van der Waals surface area contributed by atoms with E-state index in [4.69, 9.17) is 5.73 Å². The van der Waals surface area contributed by atoms with Gasteiger partial charge < -0.3 is 11.1 Å². The summed E-state index contributed by atoms with van der Waals surface area (Å²) in [5.41, 5.74) is 6.62. The van der Waals surface area contributed by atoms with E-state index < -0.39 is 0 Å². The highest BCUT2D eigenvalue weighted by Gasteiger charge is 2.48. The normalized spacial score (nSPS) is 20.8. The van der Waals surface area contributed by atoms with Crippen molar-refractivity contribution in [3.8, 4) is 0 Å². The Bertz CT molecular complexity index is 320. The maximum atomic E-state index is 6.28. The molecule has 0 radical (unpaired) electrons. The first-order valence-electron chi connectivity index (χ1n) is 4.83. The second-order valence-electron chi connectivity index (χ2n) is 4.01. The SMILES string of the molecule is CNCC1(C(N)c2ccc(Br)s2)CC1. The minimum atomic E-state index is 0.200. The highest BCUT2D eigenvalue weighted by Crippen LogP contribution is 2.54. The molecule has 1 heterocycles. The van der Waals surface area contributed by atoms with Gasteiger partial charge in [-0.25, -0.2) is 0 Å². The van der Waals surface area contributed by atoms with Crippen LogP contribution in [0, 0.1) is 5.41 Å². The van der Waals surface area contributed by atoms with Gasteiger partial charge in [0, 0.05) is 22.9 Å². The van der Waals surface area contributed by atoms with Crippen LogP contribution in [-0.2, 0) is 0 Å². The predicted octanol–water partition coefficient (Wildman–Crippen LogP) is 2.51. The largest absolute Gasteiger partial charge is 0.323 e. The zero-order valence-electron chi connectivity index (χ0n) is 8.22. The van der Waals surface area contributed by atoms with Crippen LogP contribution < -0.4 is 11.1 Å². The van der Waals surface area contributed by atoms with E-state index in [1.807, 2.05) is 7.05 Å². The van der Waals surface area contributed by atoms with Crippen LogP contribution in [0.2, 0.25) is 0 Å². The van der Waals surface area contributed by atoms with E-state index in [2.05, 4.69) is 33.4 Å². The van der Waals surface area contributed by atoms with E-state index in [0.717, 1.165) is 6.54 Å². The maximum Gasteiger partial charge on any atom is 0.0701 e. The van der Waals surface area contributed by atoms with Gasteiger partial charge in [-0.1, -0.05) is 0 Å². The summed E-state index contributed by atoms with van der Waals surface area (Å²) in [6, 6.07) is 4.41. The van der Waals surface area contributed by atoms with Crippen molar-refractivity contribution in [1.29, 1.82) is 0 Å². The van der Waals surface area contributed by atoms with Crippen LogP contribution in [0.5, 0.6) is 0 Å². The summed E-state index contributed by atoms with van der Waals surface area (Å²) in [4.78, 5) is 1.30. The van der Waals surface area contributed by atoms with E-state index in [9.17, 15) is 0 Å². The Morgan fingerprint density at radius 1 is 1.64 bits per heavy atom. The van der Waals surface area contributed by atoms with Crippen molar-refractivity contribution in [1.82, 2.24) is 5.32 Å². The Morgan fingerprint density at radius 3 is 2.79 bits per heavy atom. The minimum absolute atomic E-state index is 0.200. The summed E-state index contributed by atoms with van der Waals surface area (Å²) < 4.78 is 1.17. The molecule has 1 unspecified atom stereocenters. The molecular formula is C10H15BrN2S. The first-order valence-corrected chi connectivity index (χ1v) is 6.44. The maximum absolute atomic E-state index is 6.28. The molecule has 1 saturated carbocycles. The highest BCUT2D eigenvalue weighted by molar-refractivity contribution is 9.11. The molecule has 0 spiro atoms. The molecule has 1 aliphatic rings. The lowest BCUT2D eigenvalue weighted by molar-refractivity contribution is 0.397. The average Bonchev–Trinajstić information content (AvgIpc) is 2.81. The summed E-state index contributed by atoms with van der Waals surface area (Å²) in [5, 5.41) is 3.24. The lowest BCUT2D eigenvalue weighted by Gasteiger charge is -2.21. The monoisotopic (exact) mass is 274 g/mol. The Kier molecular flexibility index (Phi) is 2.98. The van der Waals surface area contributed by atoms with Crippen molar-refractivity contribution in [3.63, 3.8) is 0 Å². The van der Waals surface area contributed by atoms with Crippen LogP contribution in [-0.4, -0.2) is 13.6 Å². The highest BCUT2D eigenvalue weighted by atomic mass is 79.9. The smallest absolute Gasteiger partial charge is 0.0701 e. The van der Waals surface area contributed by atoms with Crippen LogP contribution in [0.25, 0.3) is 0 Å². The number of halogens is 1. The van der Waals surface area contributed by atoms with Crippen LogP contribution in [0.3, 0.4) is 0 Å². The summed E-state index contributed by atoms with van der Waals surface area (Å²) in [5.74, 6) is 0. The van der Waals surface area contributed by atoms with Gasteiger partial charge in [0.25, 0.3) is 0 Å². The third kappa shape index (κ3) is 1.89. The molecule has 1 aromatic heterocycles. The first-order chi connectivity index (χ1) is 6.68. The van der Waals surface area contributed by atoms with Crippen LogP contribution in [0.15, 0.2) is 15.9 Å². The topological polar surface area (TPSA) is 38.0 Å². The molecule has 1 fully saturated rings. The van der Waals surface area contributed by atoms with E-state index in [0.29, 0.717) is 5.41 Å². The Morgan fingerprint density at radius 2 is 2.36 bits per heavy atom. The van der Waals surface area contributed by atoms with Gasteiger partial charge in [0.15, 0.2) is 0 Å². The zero-order chi connectivity index (χ0) is 10.2. The van der Waals surface area contributed by atoms with Crippen molar-refractivity contribution in [2.45, 2.75) is 18.9 Å². The molecule has 0 saturated heterocycles. The van der Waals surface area contributed by atoms with Crippen molar-refractivity contribution in [3.05, 3.63) is 20.8 Å². The summed E-state index contributed by atoms with van der Waals surface area (Å²) in [6.45, 7) is 1.03. The Hall–Kier alpha value is 0.1000. The van der Waals surface area contributed by atoms with Gasteiger partial charge in [-0.3, -0.25) is 0 Å². The van der Waals surface area contributed by atoms with Gasteiger partial charge in [-0.2, -0.15) is 0 Å². The second-order valence-corrected chi connectivity index (χ2v) is 6.51. The van der Waals surface area contributed by atoms with Gasteiger partial charge >= 0.3 is 0 Å². The molecule has 1 aliphatic carbocycles. The molecule has 3 N–H and O–H groups in total. The standard InChI is InChI=1S/C10H15BrN2S/c1-13-6-10(4-5-10)9(12)7-2-3-8(11)14-7/h2-3,9,13H,4-6,12H2,1H3. The molecule has 14 heavy (non-hydrogen) atoms. The molecule has 78 valence electrons. The molecule has 0 bridgehead atoms. The van der Waals surface area contributed by atoms with Gasteiger partial charge in [-0.15, -0.1) is 11.3 Å². The van der Waals surface area contributed by atoms with Gasteiger partial charge in [0.1, 0.15) is 0 Å². The first kappa shape index (κ1) is 10.6. The summed E-state index contributed by atoms with van der Waals surface area (Å²) in [7, 11) is 2.00. The number of rotatable bonds is 4. The van der Waals surface area contributed by atoms with Crippen molar-refractivity contribution >= 4 is 27.3 Å². The fraction of sp³-hybridized carbons (Fsp3) is 0.600. The van der Waals surface area contributed by atoms with E-state index in [-0.39, 0.29) is 6.04 Å². The third-order valence-corrected chi connectivity index (χ3v) is 4.69. The van der Waals surface area contributed by atoms with E-state index in [1.165, 1.54) is 21.5 Å². The van der Waals surface area contributed by atoms with Crippen LogP contribution in [0.1, 0.15) is 23.8 Å². The molecule has 0 amide bonds. The third-order valence-electron chi connectivity index (χ3n) is 2.98. The quantitative estimate of drug-likeness (QED) is 0.886. The summed E-state index contributed by atoms with van der Waals surface area (Å²) >= 11 is 5.23. The molecule has 0 aliphatic heterocycles. The lowest BCUT2D eigenvalue weighted by atomic mass is 9.96. The number of nitrogens with one attached hydrogen (secondary N) is 1. The zero-order valence-corrected chi connectivity index (χ0v) is 10.6. The second kappa shape index (κ2) is 3.93. The number of thiophene rings is 1. The number of hydrogen-bond acceptors (Lipinski definition) is 3. The van der Waals surface area contributed by atoms with Gasteiger partial charge in [0.2, 0.25) is 0 Å². The van der Waals surface area contributed by atoms with Crippen LogP contribution >= 0.6 is 27.3 Å². The van der Waals surface area contributed by atoms with E-state index in [1.54, 1.807) is 11.3 Å². The molecule has 0 aromatic carbocycles. The fourth-order valence-corrected chi connectivity index (χ4v) is 3.47. The molecule has 2 rings (SSSR count). The fourth-order valence-electron chi connectivity index (χ4n) is 1.91. The Labute approximate surface area is 97.0 Å². The molecule has 1 atom stereocenters. The van der Waals surface area contributed by atoms with Crippen LogP contribution in [0.4, 0.5) is 0 Å². The van der Waals surface area contributed by atoms with Gasteiger partial charge in [0.05, 0.1) is 3.79 Å². The van der Waals surface area contributed by atoms with E-state index >= 15 is 0 Å². The van der Waals surface area contributed by atoms with Crippen molar-refractivity contribution in [2.75, 3.05) is 13.6 Å². The molecular weight excluding hydrogens is 260 g/mol.